The summed E-state index contributed by atoms with van der Waals surface area (Å²) in [5, 5.41) is 38.4. The molecule has 0 amide bonds. The molecule has 0 radical (unpaired) electrons. The van der Waals surface area contributed by atoms with E-state index in [1.54, 1.807) is 24.3 Å². The number of anilines is 2. The molecule has 0 saturated heterocycles. The molecule has 1 aliphatic rings. The third-order valence-electron chi connectivity index (χ3n) is 6.94. The monoisotopic (exact) mass is 583 g/mol. The molecule has 3 aromatic carbocycles. The van der Waals surface area contributed by atoms with Crippen molar-refractivity contribution < 1.29 is 41.6 Å². The third-order valence-corrected chi connectivity index (χ3v) is 6.94. The molecular formula is C29H34ClN5O6. The molecular weight excluding hydrogens is 550 g/mol. The Labute approximate surface area is 244 Å². The van der Waals surface area contributed by atoms with E-state index >= 15 is 0 Å². The van der Waals surface area contributed by atoms with Gasteiger partial charge in [0.1, 0.15) is 18.0 Å². The number of aromatic hydroxyl groups is 2. The average molecular weight is 584 g/mol. The van der Waals surface area contributed by atoms with Crippen molar-refractivity contribution in [3.63, 3.8) is 0 Å². The fourth-order valence-corrected chi connectivity index (χ4v) is 4.86. The van der Waals surface area contributed by atoms with Crippen LogP contribution in [0.1, 0.15) is 37.4 Å². The predicted molar refractivity (Wildman–Crippen MR) is 152 cm³/mol. The lowest BCUT2D eigenvalue weighted by Gasteiger charge is -2.30. The number of nitro benzene ring substituents is 1. The molecule has 12 heteroatoms. The number of non-ortho nitro benzene ring substituents is 1. The van der Waals surface area contributed by atoms with Crippen molar-refractivity contribution in [1.29, 1.82) is 0 Å². The maximum absolute atomic E-state index is 13.7. The number of fused-ring (bicyclic) bond motifs is 2. The Bertz CT molecular complexity index is 1470. The summed E-state index contributed by atoms with van der Waals surface area (Å²) in [6.07, 6.45) is 0. The Kier molecular flexibility index (Phi) is 9.59. The normalized spacial score (nSPS) is 12.4. The molecule has 41 heavy (non-hydrogen) atoms. The summed E-state index contributed by atoms with van der Waals surface area (Å²) in [5.74, 6) is -1.81. The average Bonchev–Trinajstić information content (AvgIpc) is 2.88. The van der Waals surface area contributed by atoms with Crippen molar-refractivity contribution in [3.05, 3.63) is 86.5 Å². The van der Waals surface area contributed by atoms with Gasteiger partial charge >= 0.3 is 0 Å². The number of likely N-dealkylation sites (N-methyl/N-ethyl adjacent to an activating group) is 2. The Morgan fingerprint density at radius 1 is 0.805 bits per heavy atom. The fraction of sp³-hybridized carbons (Fsp3) is 0.310. The number of quaternary nitrogens is 1. The molecule has 0 bridgehead atoms. The Balaban J connectivity index is 0.00000462. The summed E-state index contributed by atoms with van der Waals surface area (Å²) in [7, 11) is 7.92. The second-order valence-electron chi connectivity index (χ2n) is 10.8. The van der Waals surface area contributed by atoms with Gasteiger partial charge in [0, 0.05) is 42.2 Å². The highest BCUT2D eigenvalue weighted by Gasteiger charge is 2.38. The highest BCUT2D eigenvalue weighted by Crippen LogP contribution is 2.42. The predicted octanol–water partition coefficient (Wildman–Crippen LogP) is 0.447. The van der Waals surface area contributed by atoms with E-state index in [4.69, 9.17) is 0 Å². The van der Waals surface area contributed by atoms with E-state index in [1.165, 1.54) is 24.3 Å². The number of phenols is 2. The van der Waals surface area contributed by atoms with Crippen molar-refractivity contribution in [2.45, 2.75) is 6.54 Å². The molecule has 0 aliphatic heterocycles. The van der Waals surface area contributed by atoms with E-state index < -0.39 is 16.5 Å². The number of nitro groups is 1. The molecule has 0 saturated carbocycles. The van der Waals surface area contributed by atoms with Crippen LogP contribution in [0.5, 0.6) is 11.5 Å². The van der Waals surface area contributed by atoms with Crippen LogP contribution in [0, 0.1) is 10.1 Å². The number of hydrogen-bond donors (Lipinski definition) is 4. The quantitative estimate of drug-likeness (QED) is 0.0855. The van der Waals surface area contributed by atoms with E-state index in [9.17, 15) is 29.9 Å². The van der Waals surface area contributed by atoms with Crippen LogP contribution in [-0.4, -0.2) is 90.5 Å². The van der Waals surface area contributed by atoms with Crippen LogP contribution < -0.4 is 23.0 Å². The molecule has 0 atom stereocenters. The lowest BCUT2D eigenvalue weighted by molar-refractivity contribution is -0.902. The number of phenolic OH excluding ortho intramolecular Hbond substituents is 2. The molecule has 1 aliphatic carbocycles. The number of nitrogens with zero attached hydrogens (tertiary/aromatic N) is 3. The second-order valence-corrected chi connectivity index (χ2v) is 10.8. The maximum Gasteiger partial charge on any atom is 0.269 e. The van der Waals surface area contributed by atoms with Crippen molar-refractivity contribution in [2.75, 3.05) is 65.0 Å². The van der Waals surface area contributed by atoms with Crippen molar-refractivity contribution in [1.82, 2.24) is 4.90 Å². The summed E-state index contributed by atoms with van der Waals surface area (Å²) < 4.78 is 0.557. The van der Waals surface area contributed by atoms with Crippen molar-refractivity contribution in [3.8, 4) is 11.5 Å². The zero-order chi connectivity index (χ0) is 29.2. The number of halogens is 1. The summed E-state index contributed by atoms with van der Waals surface area (Å²) >= 11 is 0. The molecule has 0 heterocycles. The van der Waals surface area contributed by atoms with Crippen LogP contribution in [0.15, 0.2) is 48.5 Å². The molecule has 0 aromatic heterocycles. The van der Waals surface area contributed by atoms with E-state index in [0.29, 0.717) is 48.6 Å². The fourth-order valence-electron chi connectivity index (χ4n) is 4.86. The van der Waals surface area contributed by atoms with Gasteiger partial charge in [-0.25, -0.2) is 0 Å². The first-order valence-corrected chi connectivity index (χ1v) is 12.9. The molecule has 3 aromatic rings. The molecule has 0 fully saturated rings. The topological polar surface area (TPSA) is 145 Å². The van der Waals surface area contributed by atoms with Crippen LogP contribution in [-0.2, 0) is 6.54 Å². The van der Waals surface area contributed by atoms with Crippen LogP contribution in [0.2, 0.25) is 0 Å². The van der Waals surface area contributed by atoms with E-state index in [2.05, 4.69) is 10.6 Å². The summed E-state index contributed by atoms with van der Waals surface area (Å²) in [6, 6.07) is 12.3. The molecule has 0 spiro atoms. The van der Waals surface area contributed by atoms with Gasteiger partial charge in [0.2, 0.25) is 11.6 Å². The van der Waals surface area contributed by atoms with E-state index in [-0.39, 0.29) is 51.8 Å². The number of benzene rings is 3. The minimum absolute atomic E-state index is 0. The maximum atomic E-state index is 13.7. The first kappa shape index (κ1) is 31.3. The summed E-state index contributed by atoms with van der Waals surface area (Å²) in [6.45, 7) is 2.95. The molecule has 218 valence electrons. The summed E-state index contributed by atoms with van der Waals surface area (Å²) in [4.78, 5) is 39.9. The number of hydrogen-bond acceptors (Lipinski definition) is 9. The number of rotatable bonds is 11. The van der Waals surface area contributed by atoms with Gasteiger partial charge in [-0.2, -0.15) is 0 Å². The zero-order valence-corrected chi connectivity index (χ0v) is 24.2. The van der Waals surface area contributed by atoms with Gasteiger partial charge in [-0.1, -0.05) is 0 Å². The number of carbonyl (C=O) groups is 2. The minimum Gasteiger partial charge on any atom is -1.00 e. The van der Waals surface area contributed by atoms with Crippen LogP contribution in [0.4, 0.5) is 17.1 Å². The Morgan fingerprint density at radius 2 is 1.29 bits per heavy atom. The summed E-state index contributed by atoms with van der Waals surface area (Å²) in [5.41, 5.74) is 1.81. The van der Waals surface area contributed by atoms with Crippen molar-refractivity contribution >= 4 is 28.6 Å². The van der Waals surface area contributed by atoms with Gasteiger partial charge in [-0.05, 0) is 50.5 Å². The lowest BCUT2D eigenvalue weighted by atomic mass is 9.81. The third kappa shape index (κ3) is 6.76. The van der Waals surface area contributed by atoms with Gasteiger partial charge < -0.3 is 42.6 Å². The molecule has 11 nitrogen and oxygen atoms in total. The van der Waals surface area contributed by atoms with Gasteiger partial charge in [-0.15, -0.1) is 0 Å². The van der Waals surface area contributed by atoms with Gasteiger partial charge in [-0.3, -0.25) is 19.7 Å². The Morgan fingerprint density at radius 3 is 1.76 bits per heavy atom. The molecule has 4 N–H and O–H groups in total. The van der Waals surface area contributed by atoms with Gasteiger partial charge in [0.15, 0.2) is 0 Å². The largest absolute Gasteiger partial charge is 1.00 e. The van der Waals surface area contributed by atoms with E-state index in [0.717, 1.165) is 5.56 Å². The smallest absolute Gasteiger partial charge is 0.269 e. The van der Waals surface area contributed by atoms with E-state index in [1.807, 2.05) is 33.1 Å². The SMILES string of the molecule is CN(C)CCNc1ccc(NCC[N+](C)(C)Cc2ccc([N+](=O)[O-])cc2)c2c1C(=O)c1c(O)ccc(O)c1C2=O.[Cl-]. The highest BCUT2D eigenvalue weighted by atomic mass is 35.5. The van der Waals surface area contributed by atoms with Crippen LogP contribution in [0.25, 0.3) is 0 Å². The highest BCUT2D eigenvalue weighted by molar-refractivity contribution is 6.33. The van der Waals surface area contributed by atoms with Gasteiger partial charge in [0.25, 0.3) is 5.69 Å². The minimum atomic E-state index is -0.545. The second kappa shape index (κ2) is 12.5. The van der Waals surface area contributed by atoms with Crippen molar-refractivity contribution in [2.24, 2.45) is 0 Å². The standard InChI is InChI=1S/C29H33N5O6.ClH/c1-32(2)15-13-30-20-9-10-21(25-24(20)28(37)26-22(35)11-12-23(36)27(26)29(25)38)31-14-16-34(3,4)17-18-5-7-19(8-6-18)33(39)40;/h5-12H,13-17H2,1-4H3,(H3-,30,31,35,36,37,38);1H. The lowest BCUT2D eigenvalue weighted by Crippen LogP contribution is -3.00. The Hall–Kier alpha value is -4.19. The van der Waals surface area contributed by atoms with Crippen LogP contribution in [0.3, 0.4) is 0 Å². The number of nitrogens with one attached hydrogen (secondary N) is 2. The number of carbonyl (C=O) groups excluding carboxylic acids is 2. The van der Waals surface area contributed by atoms with Crippen LogP contribution >= 0.6 is 0 Å². The number of ketones is 2. The van der Waals surface area contributed by atoms with Gasteiger partial charge in [0.05, 0.1) is 54.4 Å². The molecule has 4 rings (SSSR count). The first-order valence-electron chi connectivity index (χ1n) is 12.9. The first-order chi connectivity index (χ1) is 18.9. The zero-order valence-electron chi connectivity index (χ0n) is 23.4. The molecule has 0 unspecified atom stereocenters.